The van der Waals surface area contributed by atoms with Crippen LogP contribution in [0.5, 0.6) is 0 Å². The number of nitrogens with one attached hydrogen (secondary N) is 1. The van der Waals surface area contributed by atoms with Gasteiger partial charge in [-0.2, -0.15) is 35.1 Å². The van der Waals surface area contributed by atoms with Crippen molar-refractivity contribution in [3.63, 3.8) is 0 Å². The first-order chi connectivity index (χ1) is 16.7. The summed E-state index contributed by atoms with van der Waals surface area (Å²) in [6, 6.07) is 5.43. The number of hydrogen-bond acceptors (Lipinski definition) is 4. The first-order valence-electron chi connectivity index (χ1n) is 10.3. The molecule has 0 saturated heterocycles. The normalized spacial score (nSPS) is 12.0. The lowest BCUT2D eigenvalue weighted by Gasteiger charge is -2.34. The van der Waals surface area contributed by atoms with Crippen molar-refractivity contribution in [1.82, 2.24) is 9.97 Å². The van der Waals surface area contributed by atoms with E-state index in [2.05, 4.69) is 9.97 Å². The molecule has 2 aromatic heterocycles. The second kappa shape index (κ2) is 12.8. The molecule has 1 N–H and O–H groups in total. The molecule has 0 atom stereocenters. The van der Waals surface area contributed by atoms with Gasteiger partial charge in [-0.3, -0.25) is 9.59 Å². The van der Waals surface area contributed by atoms with Gasteiger partial charge in [0.2, 0.25) is 5.78 Å². The van der Waals surface area contributed by atoms with Gasteiger partial charge in [-0.05, 0) is 50.6 Å². The molecule has 2 aromatic rings. The number of hydrogen-bond donors (Lipinski definition) is 1. The quantitative estimate of drug-likeness (QED) is 0.282. The number of halogens is 10. The maximum absolute atomic E-state index is 13.6. The molecular formula is C22H23Cl2F8N3O2. The number of alkyl halides is 8. The summed E-state index contributed by atoms with van der Waals surface area (Å²) < 4.78 is 107. The van der Waals surface area contributed by atoms with Gasteiger partial charge >= 0.3 is 29.6 Å². The Balaban J connectivity index is 0.000000977. The molecule has 0 bridgehead atoms. The number of carbonyl (C=O) groups excluding carboxylic acids is 2. The third-order valence-corrected chi connectivity index (χ3v) is 4.54. The van der Waals surface area contributed by atoms with Crippen LogP contribution in [0.15, 0.2) is 24.3 Å². The minimum atomic E-state index is -6.90. The third kappa shape index (κ3) is 7.97. The zero-order chi connectivity index (χ0) is 29.6. The van der Waals surface area contributed by atoms with E-state index < -0.39 is 41.1 Å². The fourth-order valence-corrected chi connectivity index (χ4v) is 3.02. The lowest BCUT2D eigenvalue weighted by molar-refractivity contribution is -0.345. The Labute approximate surface area is 217 Å². The molecule has 0 aromatic carbocycles. The number of Topliss-reactive ketones (excluding diaryl/α,β-unsaturated/α-hetero) is 1. The smallest absolute Gasteiger partial charge is 0.320 e. The van der Waals surface area contributed by atoms with Crippen molar-refractivity contribution in [3.8, 4) is 0 Å². The van der Waals surface area contributed by atoms with E-state index in [-0.39, 0.29) is 17.8 Å². The predicted octanol–water partition coefficient (Wildman–Crippen LogP) is 7.49. The Hall–Kier alpha value is -2.54. The van der Waals surface area contributed by atoms with Crippen LogP contribution in [0.1, 0.15) is 37.7 Å². The van der Waals surface area contributed by atoms with E-state index in [0.29, 0.717) is 5.15 Å². The molecule has 37 heavy (non-hydrogen) atoms. The maximum Gasteiger partial charge on any atom is 0.393 e. The summed E-state index contributed by atoms with van der Waals surface area (Å²) in [6.45, 7) is 9.01. The average Bonchev–Trinajstić information content (AvgIpc) is 2.73. The number of rotatable bonds is 6. The lowest BCUT2D eigenvalue weighted by atomic mass is 9.96. The largest absolute Gasteiger partial charge is 0.393 e. The van der Waals surface area contributed by atoms with E-state index in [1.165, 1.54) is 12.2 Å². The number of aryl methyl sites for hydroxylation is 3. The van der Waals surface area contributed by atoms with Crippen molar-refractivity contribution in [2.24, 2.45) is 0 Å². The summed E-state index contributed by atoms with van der Waals surface area (Å²) in [5.74, 6) is -32.0. The van der Waals surface area contributed by atoms with Crippen molar-refractivity contribution in [1.29, 1.82) is 0 Å². The number of anilines is 1. The topological polar surface area (TPSA) is 72.0 Å². The molecule has 0 saturated carbocycles. The van der Waals surface area contributed by atoms with Gasteiger partial charge in [-0.15, -0.1) is 0 Å². The van der Waals surface area contributed by atoms with Crippen LogP contribution in [-0.2, 0) is 9.59 Å². The van der Waals surface area contributed by atoms with Gasteiger partial charge in [0.05, 0.1) is 0 Å². The molecule has 0 spiro atoms. The number of amides is 1. The zero-order valence-electron chi connectivity index (χ0n) is 20.3. The molecule has 0 aliphatic rings. The second-order valence-electron chi connectivity index (χ2n) is 7.24. The van der Waals surface area contributed by atoms with E-state index in [0.717, 1.165) is 23.4 Å². The molecule has 0 aliphatic heterocycles. The standard InChI is InChI=1S/C13H9ClF8N2O2.C7H8ClN.C2H6/c1-5-3-7(4-8(14)23-5)24-9(26)11(17,18)13(21,22)12(19,20)10(15,16)6(2)25;1-5-3-6(2)9-7(8)4-5;1-2/h3-4H,1-2H3,(H,23,24,26);3-4H,1-2H3;1-2H3. The van der Waals surface area contributed by atoms with Crippen molar-refractivity contribution >= 4 is 40.6 Å². The Morgan fingerprint density at radius 2 is 1.14 bits per heavy atom. The maximum atomic E-state index is 13.6. The van der Waals surface area contributed by atoms with Crippen molar-refractivity contribution in [2.45, 2.75) is 65.2 Å². The SMILES string of the molecule is CC.CC(=O)C(F)(F)C(F)(F)C(F)(F)C(F)(F)C(=O)Nc1cc(C)nc(Cl)c1.Cc1cc(C)nc(Cl)c1. The Kier molecular flexibility index (Phi) is 11.9. The van der Waals surface area contributed by atoms with E-state index in [1.807, 2.05) is 39.8 Å². The summed E-state index contributed by atoms with van der Waals surface area (Å²) in [6.07, 6.45) is 0. The van der Waals surface area contributed by atoms with E-state index in [1.54, 1.807) is 0 Å². The summed E-state index contributed by atoms with van der Waals surface area (Å²) in [7, 11) is 0. The summed E-state index contributed by atoms with van der Waals surface area (Å²) >= 11 is 11.1. The lowest BCUT2D eigenvalue weighted by Crippen LogP contribution is -2.66. The van der Waals surface area contributed by atoms with Crippen LogP contribution in [-0.4, -0.2) is 45.3 Å². The van der Waals surface area contributed by atoms with Gasteiger partial charge in [-0.1, -0.05) is 37.0 Å². The second-order valence-corrected chi connectivity index (χ2v) is 8.01. The van der Waals surface area contributed by atoms with Crippen LogP contribution in [0.3, 0.4) is 0 Å². The molecule has 2 rings (SSSR count). The van der Waals surface area contributed by atoms with Gasteiger partial charge < -0.3 is 5.32 Å². The molecule has 0 unspecified atom stereocenters. The van der Waals surface area contributed by atoms with Gasteiger partial charge in [0.1, 0.15) is 10.3 Å². The zero-order valence-corrected chi connectivity index (χ0v) is 21.8. The minimum Gasteiger partial charge on any atom is -0.320 e. The van der Waals surface area contributed by atoms with E-state index >= 15 is 0 Å². The number of nitrogens with zero attached hydrogens (tertiary/aromatic N) is 2. The molecule has 0 aliphatic carbocycles. The summed E-state index contributed by atoms with van der Waals surface area (Å²) in [5, 5.41) is 1.39. The molecule has 5 nitrogen and oxygen atoms in total. The molecule has 1 amide bonds. The monoisotopic (exact) mass is 583 g/mol. The van der Waals surface area contributed by atoms with Gasteiger partial charge in [-0.25, -0.2) is 9.97 Å². The Morgan fingerprint density at radius 3 is 1.51 bits per heavy atom. The molecule has 208 valence electrons. The fourth-order valence-electron chi connectivity index (χ4n) is 2.46. The van der Waals surface area contributed by atoms with Crippen LogP contribution in [0, 0.1) is 20.8 Å². The van der Waals surface area contributed by atoms with Gasteiger partial charge in [0, 0.05) is 24.0 Å². The predicted molar refractivity (Wildman–Crippen MR) is 123 cm³/mol. The highest BCUT2D eigenvalue weighted by molar-refractivity contribution is 6.29. The van der Waals surface area contributed by atoms with E-state index in [9.17, 15) is 44.7 Å². The highest BCUT2D eigenvalue weighted by atomic mass is 35.5. The minimum absolute atomic E-state index is 0.0383. The average molecular weight is 584 g/mol. The van der Waals surface area contributed by atoms with Crippen LogP contribution >= 0.6 is 23.2 Å². The molecular weight excluding hydrogens is 561 g/mol. The van der Waals surface area contributed by atoms with Crippen LogP contribution in [0.2, 0.25) is 10.3 Å². The summed E-state index contributed by atoms with van der Waals surface area (Å²) in [5.41, 5.74) is 1.55. The third-order valence-electron chi connectivity index (χ3n) is 4.16. The molecule has 15 heteroatoms. The Bertz CT molecular complexity index is 1040. The highest BCUT2D eigenvalue weighted by Crippen LogP contribution is 2.53. The number of pyridine rings is 2. The molecule has 0 fully saturated rings. The molecule has 2 heterocycles. The summed E-state index contributed by atoms with van der Waals surface area (Å²) in [4.78, 5) is 29.4. The van der Waals surface area contributed by atoms with Crippen molar-refractivity contribution < 1.29 is 44.7 Å². The first kappa shape index (κ1) is 34.5. The van der Waals surface area contributed by atoms with Gasteiger partial charge in [0.15, 0.2) is 0 Å². The fraction of sp³-hybridized carbons (Fsp3) is 0.455. The van der Waals surface area contributed by atoms with Crippen molar-refractivity contribution in [2.75, 3.05) is 5.32 Å². The van der Waals surface area contributed by atoms with Crippen LogP contribution < -0.4 is 5.32 Å². The van der Waals surface area contributed by atoms with E-state index in [4.69, 9.17) is 23.2 Å². The van der Waals surface area contributed by atoms with Crippen LogP contribution in [0.25, 0.3) is 0 Å². The van der Waals surface area contributed by atoms with Crippen molar-refractivity contribution in [3.05, 3.63) is 51.5 Å². The number of carbonyl (C=O) groups is 2. The Morgan fingerprint density at radius 1 is 0.730 bits per heavy atom. The number of aromatic nitrogens is 2. The van der Waals surface area contributed by atoms with Gasteiger partial charge in [0.25, 0.3) is 0 Å². The first-order valence-corrected chi connectivity index (χ1v) is 11.0. The highest BCUT2D eigenvalue weighted by Gasteiger charge is 2.83. The number of ketones is 1. The van der Waals surface area contributed by atoms with Crippen LogP contribution in [0.4, 0.5) is 40.8 Å². The molecule has 0 radical (unpaired) electrons.